The van der Waals surface area contributed by atoms with Crippen molar-refractivity contribution in [3.8, 4) is 0 Å². The predicted molar refractivity (Wildman–Crippen MR) is 87.0 cm³/mol. The number of furan rings is 1. The molecule has 1 aliphatic rings. The molecule has 130 valence electrons. The number of likely N-dealkylation sites (tertiary alicyclic amines) is 1. The molecule has 2 aromatic heterocycles. The summed E-state index contributed by atoms with van der Waals surface area (Å²) in [6.07, 6.45) is 6.80. The van der Waals surface area contributed by atoms with Gasteiger partial charge < -0.3 is 9.32 Å². The lowest BCUT2D eigenvalue weighted by atomic mass is 10.1. The van der Waals surface area contributed by atoms with Crippen molar-refractivity contribution in [2.24, 2.45) is 7.05 Å². The number of carbonyl (C=O) groups excluding carboxylic acids is 1. The van der Waals surface area contributed by atoms with Crippen molar-refractivity contribution < 1.29 is 13.6 Å². The van der Waals surface area contributed by atoms with Crippen molar-refractivity contribution in [2.45, 2.75) is 31.6 Å². The number of alkyl halides is 1. The first-order valence-corrected chi connectivity index (χ1v) is 8.12. The van der Waals surface area contributed by atoms with Gasteiger partial charge in [-0.25, -0.2) is 4.39 Å². The number of halogens is 1. The lowest BCUT2D eigenvalue weighted by molar-refractivity contribution is -0.129. The molecule has 0 spiro atoms. The van der Waals surface area contributed by atoms with Gasteiger partial charge in [-0.2, -0.15) is 5.10 Å². The Bertz CT molecular complexity index is 670. The third kappa shape index (κ3) is 4.03. The summed E-state index contributed by atoms with van der Waals surface area (Å²) in [6.45, 7) is 1.59. The summed E-state index contributed by atoms with van der Waals surface area (Å²) >= 11 is 0. The second kappa shape index (κ2) is 7.17. The van der Waals surface area contributed by atoms with E-state index in [9.17, 15) is 9.18 Å². The van der Waals surface area contributed by atoms with E-state index in [1.165, 1.54) is 0 Å². The van der Waals surface area contributed by atoms with Crippen LogP contribution in [-0.4, -0.2) is 57.8 Å². The molecule has 1 fully saturated rings. The summed E-state index contributed by atoms with van der Waals surface area (Å²) < 4.78 is 20.6. The van der Waals surface area contributed by atoms with Gasteiger partial charge in [0.2, 0.25) is 5.91 Å². The van der Waals surface area contributed by atoms with E-state index in [-0.39, 0.29) is 11.9 Å². The molecule has 0 radical (unpaired) electrons. The van der Waals surface area contributed by atoms with Crippen LogP contribution in [0.5, 0.6) is 0 Å². The third-order valence-corrected chi connectivity index (χ3v) is 4.47. The normalized spacial score (nSPS) is 21.3. The molecule has 0 N–H and O–H groups in total. The van der Waals surface area contributed by atoms with Gasteiger partial charge in [-0.15, -0.1) is 0 Å². The minimum atomic E-state index is -0.843. The van der Waals surface area contributed by atoms with E-state index >= 15 is 0 Å². The molecule has 1 saturated heterocycles. The van der Waals surface area contributed by atoms with Gasteiger partial charge in [0.15, 0.2) is 0 Å². The molecule has 0 bridgehead atoms. The first-order valence-electron chi connectivity index (χ1n) is 8.12. The molecular formula is C17H23FN4O2. The standard InChI is InChI=1S/C17H23FN4O2/c1-20(17(23)5-13-3-4-24-12-13)11-16-6-15(18)10-22(16)9-14-7-19-21(2)8-14/h3-4,7-8,12,15-16H,5-6,9-11H2,1-2H3/t15-,16-/m0/s1. The molecule has 24 heavy (non-hydrogen) atoms. The number of aryl methyl sites for hydroxylation is 1. The first kappa shape index (κ1) is 16.7. The topological polar surface area (TPSA) is 54.5 Å². The second-order valence-electron chi connectivity index (χ2n) is 6.52. The highest BCUT2D eigenvalue weighted by atomic mass is 19.1. The van der Waals surface area contributed by atoms with E-state index < -0.39 is 6.17 Å². The van der Waals surface area contributed by atoms with Crippen LogP contribution in [0.25, 0.3) is 0 Å². The van der Waals surface area contributed by atoms with Gasteiger partial charge in [0.05, 0.1) is 25.1 Å². The van der Waals surface area contributed by atoms with Crippen LogP contribution in [-0.2, 0) is 24.8 Å². The van der Waals surface area contributed by atoms with Crippen LogP contribution < -0.4 is 0 Å². The van der Waals surface area contributed by atoms with Gasteiger partial charge in [-0.05, 0) is 18.1 Å². The Kier molecular flexibility index (Phi) is 4.99. The first-order chi connectivity index (χ1) is 11.5. The van der Waals surface area contributed by atoms with Crippen LogP contribution in [0.15, 0.2) is 35.4 Å². The van der Waals surface area contributed by atoms with Gasteiger partial charge in [0.25, 0.3) is 0 Å². The molecule has 0 aromatic carbocycles. The number of aromatic nitrogens is 2. The average Bonchev–Trinajstić information content (AvgIpc) is 3.23. The molecule has 0 aliphatic carbocycles. The Labute approximate surface area is 140 Å². The fraction of sp³-hybridized carbons (Fsp3) is 0.529. The molecule has 1 amide bonds. The summed E-state index contributed by atoms with van der Waals surface area (Å²) in [7, 11) is 3.64. The van der Waals surface area contributed by atoms with Crippen molar-refractivity contribution >= 4 is 5.91 Å². The summed E-state index contributed by atoms with van der Waals surface area (Å²) in [5, 5.41) is 4.16. The predicted octanol–water partition coefficient (Wildman–Crippen LogP) is 1.63. The monoisotopic (exact) mass is 334 g/mol. The highest BCUT2D eigenvalue weighted by molar-refractivity contribution is 5.78. The maximum atomic E-state index is 13.9. The number of carbonyl (C=O) groups is 1. The highest BCUT2D eigenvalue weighted by Crippen LogP contribution is 2.23. The molecule has 0 unspecified atom stereocenters. The Morgan fingerprint density at radius 1 is 1.50 bits per heavy atom. The molecule has 3 rings (SSSR count). The fourth-order valence-electron chi connectivity index (χ4n) is 3.21. The van der Waals surface area contributed by atoms with Crippen molar-refractivity contribution in [3.05, 3.63) is 42.1 Å². The maximum absolute atomic E-state index is 13.9. The minimum Gasteiger partial charge on any atom is -0.472 e. The summed E-state index contributed by atoms with van der Waals surface area (Å²) in [6, 6.07) is 1.81. The van der Waals surface area contributed by atoms with Crippen LogP contribution in [0.3, 0.4) is 0 Å². The number of hydrogen-bond donors (Lipinski definition) is 0. The molecule has 3 heterocycles. The van der Waals surface area contributed by atoms with Crippen molar-refractivity contribution in [1.82, 2.24) is 19.6 Å². The van der Waals surface area contributed by atoms with Gasteiger partial charge in [-0.1, -0.05) is 0 Å². The van der Waals surface area contributed by atoms with E-state index in [4.69, 9.17) is 4.42 Å². The lowest BCUT2D eigenvalue weighted by Crippen LogP contribution is -2.41. The van der Waals surface area contributed by atoms with E-state index in [0.29, 0.717) is 32.5 Å². The average molecular weight is 334 g/mol. The van der Waals surface area contributed by atoms with E-state index in [1.54, 1.807) is 41.4 Å². The van der Waals surface area contributed by atoms with Crippen LogP contribution in [0.4, 0.5) is 4.39 Å². The van der Waals surface area contributed by atoms with Gasteiger partial charge in [0, 0.05) is 51.5 Å². The molecular weight excluding hydrogens is 311 g/mol. The molecule has 2 atom stereocenters. The summed E-state index contributed by atoms with van der Waals surface area (Å²) in [5.74, 6) is 0.0139. The smallest absolute Gasteiger partial charge is 0.226 e. The van der Waals surface area contributed by atoms with Crippen molar-refractivity contribution in [3.63, 3.8) is 0 Å². The molecule has 7 heteroatoms. The number of rotatable bonds is 6. The fourth-order valence-corrected chi connectivity index (χ4v) is 3.21. The quantitative estimate of drug-likeness (QED) is 0.806. The SMILES string of the molecule is CN(C[C@@H]1C[C@H](F)CN1Cc1cnn(C)c1)C(=O)Cc1ccoc1. The number of nitrogens with zero attached hydrogens (tertiary/aromatic N) is 4. The molecule has 1 aliphatic heterocycles. The second-order valence-corrected chi connectivity index (χ2v) is 6.52. The van der Waals surface area contributed by atoms with Crippen LogP contribution in [0.1, 0.15) is 17.5 Å². The van der Waals surface area contributed by atoms with Crippen LogP contribution in [0, 0.1) is 0 Å². The number of amides is 1. The zero-order chi connectivity index (χ0) is 17.1. The van der Waals surface area contributed by atoms with Gasteiger partial charge in [-0.3, -0.25) is 14.4 Å². The van der Waals surface area contributed by atoms with Gasteiger partial charge in [0.1, 0.15) is 6.17 Å². The molecule has 0 saturated carbocycles. The number of hydrogen-bond acceptors (Lipinski definition) is 4. The van der Waals surface area contributed by atoms with Gasteiger partial charge >= 0.3 is 0 Å². The Hall–Kier alpha value is -2.15. The summed E-state index contributed by atoms with van der Waals surface area (Å²) in [4.78, 5) is 16.1. The largest absolute Gasteiger partial charge is 0.472 e. The Balaban J connectivity index is 1.58. The van der Waals surface area contributed by atoms with Crippen LogP contribution >= 0.6 is 0 Å². The van der Waals surface area contributed by atoms with Crippen LogP contribution in [0.2, 0.25) is 0 Å². The lowest BCUT2D eigenvalue weighted by Gasteiger charge is -2.28. The molecule has 2 aromatic rings. The Morgan fingerprint density at radius 3 is 3.00 bits per heavy atom. The molecule has 6 nitrogen and oxygen atoms in total. The van der Waals surface area contributed by atoms with Crippen molar-refractivity contribution in [1.29, 1.82) is 0 Å². The van der Waals surface area contributed by atoms with Crippen molar-refractivity contribution in [2.75, 3.05) is 20.1 Å². The summed E-state index contributed by atoms with van der Waals surface area (Å²) in [5.41, 5.74) is 1.91. The highest BCUT2D eigenvalue weighted by Gasteiger charge is 2.33. The number of likely N-dealkylation sites (N-methyl/N-ethyl adjacent to an activating group) is 1. The minimum absolute atomic E-state index is 0.0139. The zero-order valence-electron chi connectivity index (χ0n) is 14.1. The van der Waals surface area contributed by atoms with E-state index in [0.717, 1.165) is 11.1 Å². The maximum Gasteiger partial charge on any atom is 0.226 e. The third-order valence-electron chi connectivity index (χ3n) is 4.47. The zero-order valence-corrected chi connectivity index (χ0v) is 14.1. The van der Waals surface area contributed by atoms with E-state index in [2.05, 4.69) is 10.00 Å². The van der Waals surface area contributed by atoms with E-state index in [1.807, 2.05) is 13.2 Å². The Morgan fingerprint density at radius 2 is 2.33 bits per heavy atom.